The second kappa shape index (κ2) is 7.37. The molecule has 2 aromatic rings. The number of nitriles is 1. The lowest BCUT2D eigenvalue weighted by atomic mass is 9.95. The molecule has 1 unspecified atom stereocenters. The van der Waals surface area contributed by atoms with Crippen molar-refractivity contribution in [1.82, 2.24) is 5.32 Å². The summed E-state index contributed by atoms with van der Waals surface area (Å²) in [5, 5.41) is 12.6. The molecule has 2 aromatic carbocycles. The van der Waals surface area contributed by atoms with Gasteiger partial charge in [0.25, 0.3) is 0 Å². The number of nitrogens with one attached hydrogen (secondary N) is 1. The number of hydrogen-bond donors (Lipinski definition) is 1. The number of nitrogens with zero attached hydrogens (tertiary/aromatic N) is 1. The maximum absolute atomic E-state index is 9.02. The number of fused-ring (bicyclic) bond motifs is 1. The summed E-state index contributed by atoms with van der Waals surface area (Å²) in [7, 11) is 0. The minimum atomic E-state index is 0.201. The predicted octanol–water partition coefficient (Wildman–Crippen LogP) is 3.82. The van der Waals surface area contributed by atoms with Crippen molar-refractivity contribution in [2.75, 3.05) is 13.2 Å². The van der Waals surface area contributed by atoms with Crippen LogP contribution in [-0.2, 0) is 6.54 Å². The first-order chi connectivity index (χ1) is 11.7. The van der Waals surface area contributed by atoms with E-state index < -0.39 is 0 Å². The lowest BCUT2D eigenvalue weighted by molar-refractivity contribution is 0.171. The van der Waals surface area contributed by atoms with Gasteiger partial charge in [-0.2, -0.15) is 5.26 Å². The van der Waals surface area contributed by atoms with Gasteiger partial charge in [-0.15, -0.1) is 0 Å². The molecule has 1 aliphatic rings. The van der Waals surface area contributed by atoms with E-state index in [-0.39, 0.29) is 6.04 Å². The highest BCUT2D eigenvalue weighted by molar-refractivity contribution is 5.44. The van der Waals surface area contributed by atoms with Crippen LogP contribution in [0.4, 0.5) is 0 Å². The van der Waals surface area contributed by atoms with Crippen molar-refractivity contribution in [1.29, 1.82) is 5.26 Å². The molecule has 1 aliphatic heterocycles. The maximum atomic E-state index is 9.02. The summed E-state index contributed by atoms with van der Waals surface area (Å²) in [6.07, 6.45) is 0. The molecule has 3 rings (SSSR count). The third kappa shape index (κ3) is 3.69. The molecule has 0 radical (unpaired) electrons. The molecular formula is C20H22N2O2. The molecular weight excluding hydrogens is 300 g/mol. The Morgan fingerprint density at radius 2 is 1.88 bits per heavy atom. The van der Waals surface area contributed by atoms with E-state index in [4.69, 9.17) is 14.7 Å². The molecule has 4 heteroatoms. The Kier molecular flexibility index (Phi) is 5.02. The van der Waals surface area contributed by atoms with Crippen LogP contribution in [0.2, 0.25) is 0 Å². The largest absolute Gasteiger partial charge is 0.486 e. The third-order valence-electron chi connectivity index (χ3n) is 4.17. The molecule has 124 valence electrons. The summed E-state index contributed by atoms with van der Waals surface area (Å²) in [4.78, 5) is 0. The zero-order valence-corrected chi connectivity index (χ0v) is 14.1. The zero-order valence-electron chi connectivity index (χ0n) is 14.1. The summed E-state index contributed by atoms with van der Waals surface area (Å²) in [5.74, 6) is 2.05. The van der Waals surface area contributed by atoms with E-state index in [1.54, 1.807) is 0 Å². The summed E-state index contributed by atoms with van der Waals surface area (Å²) < 4.78 is 11.3. The topological polar surface area (TPSA) is 54.3 Å². The molecule has 0 fully saturated rings. The van der Waals surface area contributed by atoms with E-state index >= 15 is 0 Å². The SMILES string of the molecule is CC(C)C(NCc1cccc(C#N)c1)c1ccc2c(c1)OCCO2. The van der Waals surface area contributed by atoms with E-state index in [0.717, 1.165) is 17.1 Å². The molecule has 0 saturated heterocycles. The molecule has 24 heavy (non-hydrogen) atoms. The Morgan fingerprint density at radius 1 is 1.08 bits per heavy atom. The number of rotatable bonds is 5. The number of hydrogen-bond acceptors (Lipinski definition) is 4. The van der Waals surface area contributed by atoms with Gasteiger partial charge in [0.05, 0.1) is 11.6 Å². The van der Waals surface area contributed by atoms with E-state index in [9.17, 15) is 0 Å². The highest BCUT2D eigenvalue weighted by Gasteiger charge is 2.19. The highest BCUT2D eigenvalue weighted by Crippen LogP contribution is 2.34. The van der Waals surface area contributed by atoms with Gasteiger partial charge in [0.15, 0.2) is 11.5 Å². The molecule has 0 bridgehead atoms. The second-order valence-corrected chi connectivity index (χ2v) is 6.32. The van der Waals surface area contributed by atoms with Crippen molar-refractivity contribution in [3.8, 4) is 17.6 Å². The van der Waals surface area contributed by atoms with Gasteiger partial charge in [0.1, 0.15) is 13.2 Å². The number of ether oxygens (including phenoxy) is 2. The van der Waals surface area contributed by atoms with E-state index in [1.807, 2.05) is 30.3 Å². The van der Waals surface area contributed by atoms with Crippen LogP contribution in [0.3, 0.4) is 0 Å². The summed E-state index contributed by atoms with van der Waals surface area (Å²) in [6.45, 7) is 6.30. The van der Waals surface area contributed by atoms with Gasteiger partial charge >= 0.3 is 0 Å². The van der Waals surface area contributed by atoms with Crippen molar-refractivity contribution in [2.24, 2.45) is 5.92 Å². The van der Waals surface area contributed by atoms with Crippen LogP contribution in [0.15, 0.2) is 42.5 Å². The monoisotopic (exact) mass is 322 g/mol. The summed E-state index contributed by atoms with van der Waals surface area (Å²) in [5.41, 5.74) is 2.98. The first-order valence-electron chi connectivity index (χ1n) is 8.29. The Morgan fingerprint density at radius 3 is 2.62 bits per heavy atom. The van der Waals surface area contributed by atoms with Crippen molar-refractivity contribution >= 4 is 0 Å². The Labute approximate surface area is 143 Å². The first kappa shape index (κ1) is 16.4. The fourth-order valence-corrected chi connectivity index (χ4v) is 2.97. The predicted molar refractivity (Wildman–Crippen MR) is 93.0 cm³/mol. The van der Waals surface area contributed by atoms with E-state index in [0.29, 0.717) is 31.2 Å². The van der Waals surface area contributed by atoms with Crippen LogP contribution in [0.1, 0.15) is 36.6 Å². The Balaban J connectivity index is 1.76. The molecule has 0 amide bonds. The van der Waals surface area contributed by atoms with Crippen LogP contribution >= 0.6 is 0 Å². The van der Waals surface area contributed by atoms with Gasteiger partial charge in [-0.1, -0.05) is 32.0 Å². The minimum Gasteiger partial charge on any atom is -0.486 e. The standard InChI is InChI=1S/C20H22N2O2/c1-14(2)20(22-13-16-5-3-4-15(10-16)12-21)17-6-7-18-19(11-17)24-9-8-23-18/h3-7,10-11,14,20,22H,8-9,13H2,1-2H3. The van der Waals surface area contributed by atoms with Gasteiger partial charge in [0.2, 0.25) is 0 Å². The molecule has 1 atom stereocenters. The normalized spacial score (nSPS) is 14.2. The molecule has 0 aromatic heterocycles. The molecule has 1 heterocycles. The molecule has 0 spiro atoms. The number of benzene rings is 2. The molecule has 0 saturated carbocycles. The van der Waals surface area contributed by atoms with E-state index in [2.05, 4.69) is 37.4 Å². The average molecular weight is 322 g/mol. The van der Waals surface area contributed by atoms with Crippen molar-refractivity contribution < 1.29 is 9.47 Å². The molecule has 1 N–H and O–H groups in total. The van der Waals surface area contributed by atoms with Crippen LogP contribution in [0.25, 0.3) is 0 Å². The van der Waals surface area contributed by atoms with Gasteiger partial charge < -0.3 is 14.8 Å². The Hall–Kier alpha value is -2.51. The first-order valence-corrected chi connectivity index (χ1v) is 8.29. The van der Waals surface area contributed by atoms with Crippen molar-refractivity contribution in [3.05, 3.63) is 59.2 Å². The molecule has 0 aliphatic carbocycles. The quantitative estimate of drug-likeness (QED) is 0.909. The Bertz CT molecular complexity index is 750. The van der Waals surface area contributed by atoms with E-state index in [1.165, 1.54) is 5.56 Å². The minimum absolute atomic E-state index is 0.201. The summed E-state index contributed by atoms with van der Waals surface area (Å²) >= 11 is 0. The lowest BCUT2D eigenvalue weighted by Gasteiger charge is -2.25. The van der Waals surface area contributed by atoms with Crippen LogP contribution in [0.5, 0.6) is 11.5 Å². The smallest absolute Gasteiger partial charge is 0.161 e. The van der Waals surface area contributed by atoms with Gasteiger partial charge in [0, 0.05) is 12.6 Å². The average Bonchev–Trinajstić information content (AvgIpc) is 2.61. The van der Waals surface area contributed by atoms with Crippen molar-refractivity contribution in [3.63, 3.8) is 0 Å². The van der Waals surface area contributed by atoms with Gasteiger partial charge in [-0.3, -0.25) is 0 Å². The maximum Gasteiger partial charge on any atom is 0.161 e. The highest BCUT2D eigenvalue weighted by atomic mass is 16.6. The van der Waals surface area contributed by atoms with Crippen LogP contribution < -0.4 is 14.8 Å². The second-order valence-electron chi connectivity index (χ2n) is 6.32. The fraction of sp³-hybridized carbons (Fsp3) is 0.350. The molecule has 4 nitrogen and oxygen atoms in total. The van der Waals surface area contributed by atoms with Crippen LogP contribution in [-0.4, -0.2) is 13.2 Å². The lowest BCUT2D eigenvalue weighted by Crippen LogP contribution is -2.26. The van der Waals surface area contributed by atoms with Crippen molar-refractivity contribution in [2.45, 2.75) is 26.4 Å². The third-order valence-corrected chi connectivity index (χ3v) is 4.17. The van der Waals surface area contributed by atoms with Gasteiger partial charge in [-0.05, 0) is 41.3 Å². The fourth-order valence-electron chi connectivity index (χ4n) is 2.97. The van der Waals surface area contributed by atoms with Crippen LogP contribution in [0, 0.1) is 17.2 Å². The zero-order chi connectivity index (χ0) is 16.9. The van der Waals surface area contributed by atoms with Gasteiger partial charge in [-0.25, -0.2) is 0 Å². The summed E-state index contributed by atoms with van der Waals surface area (Å²) in [6, 6.07) is 16.2.